The maximum absolute atomic E-state index is 12.2. The van der Waals surface area contributed by atoms with Crippen molar-refractivity contribution >= 4 is 11.9 Å². The summed E-state index contributed by atoms with van der Waals surface area (Å²) < 4.78 is 6.47. The fourth-order valence-electron chi connectivity index (χ4n) is 2.16. The highest BCUT2D eigenvalue weighted by Gasteiger charge is 2.24. The Kier molecular flexibility index (Phi) is 6.33. The maximum Gasteiger partial charge on any atom is 0.360 e. The van der Waals surface area contributed by atoms with Crippen molar-refractivity contribution in [1.29, 1.82) is 0 Å². The van der Waals surface area contributed by atoms with E-state index < -0.39 is 5.97 Å². The quantitative estimate of drug-likeness (QED) is 0.712. The van der Waals surface area contributed by atoms with Gasteiger partial charge in [-0.3, -0.25) is 4.79 Å². The molecule has 1 aromatic heterocycles. The van der Waals surface area contributed by atoms with Crippen LogP contribution in [0.2, 0.25) is 0 Å². The molecule has 0 bridgehead atoms. The molecule has 118 valence electrons. The zero-order valence-corrected chi connectivity index (χ0v) is 13.4. The third-order valence-electron chi connectivity index (χ3n) is 3.19. The van der Waals surface area contributed by atoms with Crippen LogP contribution < -0.4 is 0 Å². The molecule has 0 aromatic carbocycles. The summed E-state index contributed by atoms with van der Waals surface area (Å²) in [4.78, 5) is 25.8. The molecule has 0 aliphatic carbocycles. The van der Waals surface area contributed by atoms with Gasteiger partial charge in [-0.15, -0.1) is 5.10 Å². The van der Waals surface area contributed by atoms with Crippen LogP contribution in [0.25, 0.3) is 0 Å². The molecule has 0 fully saturated rings. The number of aromatic nitrogens is 3. The number of likely N-dealkylation sites (N-methyl/N-ethyl adjacent to an activating group) is 1. The minimum Gasteiger partial charge on any atom is -0.461 e. The van der Waals surface area contributed by atoms with Crippen LogP contribution in [0.1, 0.15) is 56.7 Å². The average Bonchev–Trinajstić information content (AvgIpc) is 2.84. The Hall–Kier alpha value is -1.92. The highest BCUT2D eigenvalue weighted by atomic mass is 16.5. The second-order valence-electron chi connectivity index (χ2n) is 4.92. The normalized spacial score (nSPS) is 10.8. The molecule has 1 aromatic rings. The van der Waals surface area contributed by atoms with Gasteiger partial charge in [0.2, 0.25) is 5.91 Å². The molecule has 0 aliphatic heterocycles. The Morgan fingerprint density at radius 1 is 1.24 bits per heavy atom. The zero-order valence-electron chi connectivity index (χ0n) is 13.4. The highest BCUT2D eigenvalue weighted by Crippen LogP contribution is 2.18. The molecule has 1 amide bonds. The number of carbonyl (C=O) groups excluding carboxylic acids is 2. The number of esters is 1. The van der Waals surface area contributed by atoms with Gasteiger partial charge < -0.3 is 9.64 Å². The lowest BCUT2D eigenvalue weighted by Gasteiger charge is -2.19. The Morgan fingerprint density at radius 3 is 2.33 bits per heavy atom. The SMILES string of the molecule is CCOC(=O)c1nnn(CC(=O)N(CC)CC)c1C(C)C. The van der Waals surface area contributed by atoms with Crippen LogP contribution in [0.15, 0.2) is 0 Å². The predicted octanol–water partition coefficient (Wildman–Crippen LogP) is 1.45. The molecule has 0 atom stereocenters. The number of hydrogen-bond acceptors (Lipinski definition) is 5. The van der Waals surface area contributed by atoms with E-state index in [4.69, 9.17) is 4.74 Å². The van der Waals surface area contributed by atoms with Crippen LogP contribution in [0.5, 0.6) is 0 Å². The standard InChI is InChI=1S/C14H24N4O3/c1-6-17(7-2)11(19)9-18-13(10(4)5)12(15-16-18)14(20)21-8-3/h10H,6-9H2,1-5H3. The minimum absolute atomic E-state index is 0.0175. The topological polar surface area (TPSA) is 77.3 Å². The second kappa shape index (κ2) is 7.75. The van der Waals surface area contributed by atoms with E-state index >= 15 is 0 Å². The van der Waals surface area contributed by atoms with Gasteiger partial charge in [0.15, 0.2) is 5.69 Å². The minimum atomic E-state index is -0.497. The summed E-state index contributed by atoms with van der Waals surface area (Å²) >= 11 is 0. The van der Waals surface area contributed by atoms with Crippen LogP contribution in [0.4, 0.5) is 0 Å². The summed E-state index contributed by atoms with van der Waals surface area (Å²) in [5.74, 6) is -0.520. The van der Waals surface area contributed by atoms with Crippen molar-refractivity contribution in [3.05, 3.63) is 11.4 Å². The summed E-state index contributed by atoms with van der Waals surface area (Å²) in [6, 6.07) is 0. The number of ether oxygens (including phenoxy) is 1. The smallest absolute Gasteiger partial charge is 0.360 e. The van der Waals surface area contributed by atoms with E-state index in [9.17, 15) is 9.59 Å². The molecule has 0 radical (unpaired) electrons. The van der Waals surface area contributed by atoms with Gasteiger partial charge in [-0.25, -0.2) is 9.48 Å². The summed E-state index contributed by atoms with van der Waals surface area (Å²) in [6.07, 6.45) is 0. The lowest BCUT2D eigenvalue weighted by Crippen LogP contribution is -2.34. The van der Waals surface area contributed by atoms with Gasteiger partial charge in [0, 0.05) is 13.1 Å². The molecule has 0 N–H and O–H groups in total. The van der Waals surface area contributed by atoms with Gasteiger partial charge in [0.05, 0.1) is 12.3 Å². The van der Waals surface area contributed by atoms with E-state index in [2.05, 4.69) is 10.3 Å². The average molecular weight is 296 g/mol. The first-order valence-corrected chi connectivity index (χ1v) is 7.34. The molecule has 1 rings (SSSR count). The molecule has 0 aliphatic rings. The third-order valence-corrected chi connectivity index (χ3v) is 3.19. The Morgan fingerprint density at radius 2 is 1.86 bits per heavy atom. The van der Waals surface area contributed by atoms with Crippen LogP contribution in [0.3, 0.4) is 0 Å². The van der Waals surface area contributed by atoms with Crippen LogP contribution >= 0.6 is 0 Å². The van der Waals surface area contributed by atoms with Gasteiger partial charge in [-0.1, -0.05) is 19.1 Å². The van der Waals surface area contributed by atoms with Gasteiger partial charge in [0.1, 0.15) is 6.54 Å². The summed E-state index contributed by atoms with van der Waals surface area (Å²) in [7, 11) is 0. The van der Waals surface area contributed by atoms with Crippen molar-refractivity contribution in [3.8, 4) is 0 Å². The number of amides is 1. The molecule has 0 saturated heterocycles. The second-order valence-corrected chi connectivity index (χ2v) is 4.92. The van der Waals surface area contributed by atoms with Crippen molar-refractivity contribution in [1.82, 2.24) is 19.9 Å². The largest absolute Gasteiger partial charge is 0.461 e. The van der Waals surface area contributed by atoms with Crippen molar-refractivity contribution in [2.45, 2.75) is 47.1 Å². The number of rotatable bonds is 7. The number of carbonyl (C=O) groups is 2. The van der Waals surface area contributed by atoms with E-state index in [-0.39, 0.29) is 30.7 Å². The molecule has 21 heavy (non-hydrogen) atoms. The van der Waals surface area contributed by atoms with E-state index in [1.807, 2.05) is 27.7 Å². The van der Waals surface area contributed by atoms with Crippen LogP contribution in [-0.2, 0) is 16.1 Å². The van der Waals surface area contributed by atoms with Crippen LogP contribution in [-0.4, -0.2) is 51.5 Å². The van der Waals surface area contributed by atoms with Gasteiger partial charge in [-0.05, 0) is 26.7 Å². The van der Waals surface area contributed by atoms with E-state index in [1.54, 1.807) is 11.8 Å². The van der Waals surface area contributed by atoms with E-state index in [0.29, 0.717) is 18.8 Å². The summed E-state index contributed by atoms with van der Waals surface area (Å²) in [5.41, 5.74) is 0.827. The number of nitrogens with zero attached hydrogens (tertiary/aromatic N) is 4. The fraction of sp³-hybridized carbons (Fsp3) is 0.714. The third kappa shape index (κ3) is 4.03. The molecule has 7 nitrogen and oxygen atoms in total. The molecule has 1 heterocycles. The van der Waals surface area contributed by atoms with E-state index in [0.717, 1.165) is 0 Å². The van der Waals surface area contributed by atoms with Crippen molar-refractivity contribution in [2.75, 3.05) is 19.7 Å². The summed E-state index contributed by atoms with van der Waals surface area (Å²) in [5, 5.41) is 7.84. The highest BCUT2D eigenvalue weighted by molar-refractivity contribution is 5.88. The van der Waals surface area contributed by atoms with Crippen molar-refractivity contribution in [3.63, 3.8) is 0 Å². The van der Waals surface area contributed by atoms with E-state index in [1.165, 1.54) is 4.68 Å². The Balaban J connectivity index is 3.03. The van der Waals surface area contributed by atoms with Crippen molar-refractivity contribution in [2.24, 2.45) is 0 Å². The monoisotopic (exact) mass is 296 g/mol. The van der Waals surface area contributed by atoms with Gasteiger partial charge in [-0.2, -0.15) is 0 Å². The van der Waals surface area contributed by atoms with Gasteiger partial charge >= 0.3 is 5.97 Å². The lowest BCUT2D eigenvalue weighted by atomic mass is 10.1. The first kappa shape index (κ1) is 17.1. The molecule has 0 unspecified atom stereocenters. The van der Waals surface area contributed by atoms with Crippen molar-refractivity contribution < 1.29 is 14.3 Å². The van der Waals surface area contributed by atoms with Gasteiger partial charge in [0.25, 0.3) is 0 Å². The number of hydrogen-bond donors (Lipinski definition) is 0. The molecular weight excluding hydrogens is 272 g/mol. The maximum atomic E-state index is 12.2. The first-order chi connectivity index (χ1) is 9.96. The summed E-state index contributed by atoms with van der Waals surface area (Å²) in [6.45, 7) is 11.1. The van der Waals surface area contributed by atoms with Crippen LogP contribution in [0, 0.1) is 0 Å². The zero-order chi connectivity index (χ0) is 16.0. The molecule has 0 spiro atoms. The fourth-order valence-corrected chi connectivity index (χ4v) is 2.16. The molecule has 0 saturated carbocycles. The lowest BCUT2D eigenvalue weighted by molar-refractivity contribution is -0.131. The first-order valence-electron chi connectivity index (χ1n) is 7.34. The molecule has 7 heteroatoms. The molecular formula is C14H24N4O3. The Labute approximate surface area is 125 Å². The predicted molar refractivity (Wildman–Crippen MR) is 78.0 cm³/mol. The Bertz CT molecular complexity index is 492.